The molecule has 1 unspecified atom stereocenters. The molecular weight excluding hydrogens is 304 g/mol. The van der Waals surface area contributed by atoms with Gasteiger partial charge >= 0.3 is 0 Å². The number of unbranched alkanes of at least 4 members (excludes halogenated alkanes) is 1. The Bertz CT molecular complexity index is 689. The minimum atomic E-state index is 0.0612. The average molecular weight is 339 g/mol. The van der Waals surface area contributed by atoms with Crippen LogP contribution in [0.15, 0.2) is 36.4 Å². The lowest BCUT2D eigenvalue weighted by Crippen LogP contribution is -2.12. The molecule has 1 nitrogen and oxygen atoms in total. The normalized spacial score (nSPS) is 13.0. The zero-order valence-corrected chi connectivity index (χ0v) is 16.8. The summed E-state index contributed by atoms with van der Waals surface area (Å²) in [5.41, 5.74) is 5.86. The molecule has 0 aliphatic carbocycles. The first-order valence-electron chi connectivity index (χ1n) is 9.74. The maximum Gasteiger partial charge on any atom is 0.126 e. The fourth-order valence-electron chi connectivity index (χ4n) is 3.14. The van der Waals surface area contributed by atoms with Crippen molar-refractivity contribution in [2.24, 2.45) is 0 Å². The van der Waals surface area contributed by atoms with E-state index in [9.17, 15) is 5.11 Å². The SMILES string of the molecule is CCCCc1ccc(-c2cc(C(C)(C)C)cc(C(C)CC)c2O)cc1. The maximum atomic E-state index is 10.9. The van der Waals surface area contributed by atoms with Gasteiger partial charge < -0.3 is 5.11 Å². The van der Waals surface area contributed by atoms with E-state index in [1.807, 2.05) is 0 Å². The smallest absolute Gasteiger partial charge is 0.126 e. The molecule has 2 rings (SSSR count). The molecule has 0 aromatic heterocycles. The van der Waals surface area contributed by atoms with Crippen molar-refractivity contribution in [1.82, 2.24) is 0 Å². The zero-order chi connectivity index (χ0) is 18.6. The van der Waals surface area contributed by atoms with Crippen LogP contribution in [0.25, 0.3) is 11.1 Å². The molecule has 2 aromatic rings. The van der Waals surface area contributed by atoms with Crippen LogP contribution in [-0.2, 0) is 11.8 Å². The Morgan fingerprint density at radius 1 is 1.00 bits per heavy atom. The summed E-state index contributed by atoms with van der Waals surface area (Å²) in [5.74, 6) is 0.800. The third kappa shape index (κ3) is 4.66. The highest BCUT2D eigenvalue weighted by Gasteiger charge is 2.21. The largest absolute Gasteiger partial charge is 0.507 e. The van der Waals surface area contributed by atoms with E-state index in [1.54, 1.807) is 0 Å². The lowest BCUT2D eigenvalue weighted by molar-refractivity contribution is 0.462. The molecule has 0 aliphatic rings. The number of hydrogen-bond acceptors (Lipinski definition) is 1. The minimum absolute atomic E-state index is 0.0612. The third-order valence-corrected chi connectivity index (χ3v) is 5.23. The highest BCUT2D eigenvalue weighted by Crippen LogP contribution is 2.40. The quantitative estimate of drug-likeness (QED) is 0.590. The molecule has 1 N–H and O–H groups in total. The van der Waals surface area contributed by atoms with Crippen molar-refractivity contribution in [3.8, 4) is 16.9 Å². The Labute approximate surface area is 154 Å². The summed E-state index contributed by atoms with van der Waals surface area (Å²) < 4.78 is 0. The molecule has 0 radical (unpaired) electrons. The number of aryl methyl sites for hydroxylation is 1. The fourth-order valence-corrected chi connectivity index (χ4v) is 3.14. The van der Waals surface area contributed by atoms with Crippen molar-refractivity contribution < 1.29 is 5.11 Å². The number of phenols is 1. The van der Waals surface area contributed by atoms with E-state index in [-0.39, 0.29) is 5.41 Å². The number of hydrogen-bond donors (Lipinski definition) is 1. The van der Waals surface area contributed by atoms with Crippen LogP contribution in [0, 0.1) is 0 Å². The van der Waals surface area contributed by atoms with E-state index in [4.69, 9.17) is 0 Å². The van der Waals surface area contributed by atoms with Gasteiger partial charge in [0.15, 0.2) is 0 Å². The molecule has 25 heavy (non-hydrogen) atoms. The molecule has 2 aromatic carbocycles. The topological polar surface area (TPSA) is 20.2 Å². The molecule has 0 saturated carbocycles. The van der Waals surface area contributed by atoms with Crippen molar-refractivity contribution in [3.05, 3.63) is 53.1 Å². The van der Waals surface area contributed by atoms with Gasteiger partial charge in [-0.15, -0.1) is 0 Å². The second-order valence-electron chi connectivity index (χ2n) is 8.32. The minimum Gasteiger partial charge on any atom is -0.507 e. The second-order valence-corrected chi connectivity index (χ2v) is 8.32. The van der Waals surface area contributed by atoms with Gasteiger partial charge in [-0.1, -0.05) is 78.3 Å². The van der Waals surface area contributed by atoms with Crippen molar-refractivity contribution in [3.63, 3.8) is 0 Å². The molecule has 1 atom stereocenters. The van der Waals surface area contributed by atoms with Gasteiger partial charge in [0.2, 0.25) is 0 Å². The molecule has 0 spiro atoms. The van der Waals surface area contributed by atoms with Gasteiger partial charge in [0.05, 0.1) is 0 Å². The summed E-state index contributed by atoms with van der Waals surface area (Å²) in [6, 6.07) is 13.1. The zero-order valence-electron chi connectivity index (χ0n) is 16.8. The van der Waals surface area contributed by atoms with Crippen LogP contribution < -0.4 is 0 Å². The maximum absolute atomic E-state index is 10.9. The van der Waals surface area contributed by atoms with Crippen LogP contribution in [-0.4, -0.2) is 5.11 Å². The first-order valence-corrected chi connectivity index (χ1v) is 9.74. The standard InChI is InChI=1S/C24H34O/c1-7-9-10-18-11-13-19(14-12-18)22-16-20(24(4,5)6)15-21(23(22)25)17(3)8-2/h11-17,25H,7-10H2,1-6H3. The second kappa shape index (κ2) is 8.08. The number of rotatable bonds is 6. The molecule has 0 saturated heterocycles. The molecule has 136 valence electrons. The number of phenolic OH excluding ortho intramolecular Hbond substituents is 1. The summed E-state index contributed by atoms with van der Waals surface area (Å²) in [5, 5.41) is 10.9. The Morgan fingerprint density at radius 2 is 1.64 bits per heavy atom. The van der Waals surface area contributed by atoms with E-state index >= 15 is 0 Å². The number of aromatic hydroxyl groups is 1. The molecule has 0 amide bonds. The highest BCUT2D eigenvalue weighted by atomic mass is 16.3. The summed E-state index contributed by atoms with van der Waals surface area (Å²) in [6.45, 7) is 13.3. The predicted octanol–water partition coefficient (Wildman–Crippen LogP) is 7.21. The molecule has 0 bridgehead atoms. The van der Waals surface area contributed by atoms with Gasteiger partial charge in [0.1, 0.15) is 5.75 Å². The summed E-state index contributed by atoms with van der Waals surface area (Å²) >= 11 is 0. The van der Waals surface area contributed by atoms with Crippen LogP contribution in [0.2, 0.25) is 0 Å². The van der Waals surface area contributed by atoms with E-state index in [2.05, 4.69) is 77.9 Å². The van der Waals surface area contributed by atoms with E-state index < -0.39 is 0 Å². The van der Waals surface area contributed by atoms with Crippen molar-refractivity contribution in [1.29, 1.82) is 0 Å². The number of benzene rings is 2. The van der Waals surface area contributed by atoms with Crippen LogP contribution in [0.5, 0.6) is 5.75 Å². The third-order valence-electron chi connectivity index (χ3n) is 5.23. The van der Waals surface area contributed by atoms with Crippen LogP contribution >= 0.6 is 0 Å². The first kappa shape index (κ1) is 19.6. The molecule has 0 fully saturated rings. The highest BCUT2D eigenvalue weighted by molar-refractivity contribution is 5.73. The molecule has 1 heteroatoms. The monoisotopic (exact) mass is 338 g/mol. The van der Waals surface area contributed by atoms with E-state index in [1.165, 1.54) is 24.0 Å². The van der Waals surface area contributed by atoms with E-state index in [0.717, 1.165) is 29.5 Å². The first-order chi connectivity index (χ1) is 11.8. The van der Waals surface area contributed by atoms with Crippen molar-refractivity contribution >= 4 is 0 Å². The van der Waals surface area contributed by atoms with Crippen LogP contribution in [0.4, 0.5) is 0 Å². The summed E-state index contributed by atoms with van der Waals surface area (Å²) in [6.07, 6.45) is 4.59. The molecular formula is C24H34O. The van der Waals surface area contributed by atoms with Gasteiger partial charge in [-0.05, 0) is 58.9 Å². The molecule has 0 aliphatic heterocycles. The summed E-state index contributed by atoms with van der Waals surface area (Å²) in [4.78, 5) is 0. The van der Waals surface area contributed by atoms with Gasteiger partial charge in [0.25, 0.3) is 0 Å². The Hall–Kier alpha value is -1.76. The Kier molecular flexibility index (Phi) is 6.32. The lowest BCUT2D eigenvalue weighted by Gasteiger charge is -2.24. The van der Waals surface area contributed by atoms with Crippen LogP contribution in [0.3, 0.4) is 0 Å². The Balaban J connectivity index is 2.52. The summed E-state index contributed by atoms with van der Waals surface area (Å²) in [7, 11) is 0. The predicted molar refractivity (Wildman–Crippen MR) is 110 cm³/mol. The average Bonchev–Trinajstić information content (AvgIpc) is 2.59. The lowest BCUT2D eigenvalue weighted by atomic mass is 9.81. The van der Waals surface area contributed by atoms with Crippen molar-refractivity contribution in [2.45, 2.75) is 78.6 Å². The fraction of sp³-hybridized carbons (Fsp3) is 0.500. The Morgan fingerprint density at radius 3 is 2.16 bits per heavy atom. The van der Waals surface area contributed by atoms with Gasteiger partial charge in [-0.3, -0.25) is 0 Å². The van der Waals surface area contributed by atoms with Crippen molar-refractivity contribution in [2.75, 3.05) is 0 Å². The van der Waals surface area contributed by atoms with Gasteiger partial charge in [-0.25, -0.2) is 0 Å². The van der Waals surface area contributed by atoms with Crippen LogP contribution in [0.1, 0.15) is 83.4 Å². The van der Waals surface area contributed by atoms with E-state index in [0.29, 0.717) is 11.7 Å². The van der Waals surface area contributed by atoms with Gasteiger partial charge in [0, 0.05) is 5.56 Å². The molecule has 0 heterocycles. The van der Waals surface area contributed by atoms with Gasteiger partial charge in [-0.2, -0.15) is 0 Å².